The van der Waals surface area contributed by atoms with Gasteiger partial charge >= 0.3 is 0 Å². The molecule has 1 atom stereocenters. The monoisotopic (exact) mass is 295 g/mol. The summed E-state index contributed by atoms with van der Waals surface area (Å²) >= 11 is 0. The highest BCUT2D eigenvalue weighted by Crippen LogP contribution is 2.27. The molecule has 1 aliphatic rings. The van der Waals surface area contributed by atoms with Gasteiger partial charge in [0.1, 0.15) is 17.4 Å². The Hall–Kier alpha value is -2.56. The molecule has 1 fully saturated rings. The molecule has 0 bridgehead atoms. The molecule has 3 heterocycles. The topological polar surface area (TPSA) is 51.4 Å². The van der Waals surface area contributed by atoms with Crippen molar-refractivity contribution in [3.63, 3.8) is 0 Å². The van der Waals surface area contributed by atoms with E-state index in [-0.39, 0.29) is 6.10 Å². The Morgan fingerprint density at radius 3 is 3.05 bits per heavy atom. The van der Waals surface area contributed by atoms with Crippen LogP contribution < -0.4 is 9.64 Å². The van der Waals surface area contributed by atoms with Crippen molar-refractivity contribution in [3.8, 4) is 5.75 Å². The Bertz CT molecular complexity index is 766. The number of hydrogen-bond donors (Lipinski definition) is 0. The van der Waals surface area contributed by atoms with Crippen molar-refractivity contribution in [2.24, 2.45) is 0 Å². The number of nitrogens with zero attached hydrogens (tertiary/aromatic N) is 3. The van der Waals surface area contributed by atoms with Crippen LogP contribution in [0.4, 0.5) is 6.01 Å². The Kier molecular flexibility index (Phi) is 3.18. The summed E-state index contributed by atoms with van der Waals surface area (Å²) in [6.45, 7) is 3.69. The van der Waals surface area contributed by atoms with E-state index in [0.29, 0.717) is 6.01 Å². The number of rotatable bonds is 3. The highest BCUT2D eigenvalue weighted by Gasteiger charge is 2.27. The molecule has 0 N–H and O–H groups in total. The predicted octanol–water partition coefficient (Wildman–Crippen LogP) is 3.19. The van der Waals surface area contributed by atoms with Crippen LogP contribution in [0, 0.1) is 6.92 Å². The lowest BCUT2D eigenvalue weighted by Gasteiger charge is -2.16. The number of benzene rings is 1. The zero-order chi connectivity index (χ0) is 14.9. The van der Waals surface area contributed by atoms with Gasteiger partial charge in [0, 0.05) is 30.9 Å². The minimum Gasteiger partial charge on any atom is -0.488 e. The van der Waals surface area contributed by atoms with Crippen molar-refractivity contribution in [1.82, 2.24) is 9.97 Å². The minimum absolute atomic E-state index is 0.149. The van der Waals surface area contributed by atoms with Crippen LogP contribution in [0.5, 0.6) is 5.75 Å². The number of oxazole rings is 1. The smallest absolute Gasteiger partial charge is 0.298 e. The summed E-state index contributed by atoms with van der Waals surface area (Å²) in [7, 11) is 0. The number of para-hydroxylation sites is 2. The van der Waals surface area contributed by atoms with Crippen LogP contribution in [0.25, 0.3) is 11.1 Å². The number of aryl methyl sites for hydroxylation is 1. The first-order valence-corrected chi connectivity index (χ1v) is 7.47. The fourth-order valence-corrected chi connectivity index (χ4v) is 2.77. The molecule has 3 aromatic rings. The van der Waals surface area contributed by atoms with Gasteiger partial charge in [0.15, 0.2) is 5.58 Å². The molecule has 0 spiro atoms. The molecule has 1 aromatic carbocycles. The van der Waals surface area contributed by atoms with E-state index in [9.17, 15) is 0 Å². The van der Waals surface area contributed by atoms with Gasteiger partial charge in [-0.25, -0.2) is 0 Å². The van der Waals surface area contributed by atoms with Crippen molar-refractivity contribution < 1.29 is 9.15 Å². The van der Waals surface area contributed by atoms with Gasteiger partial charge in [-0.05, 0) is 25.1 Å². The third kappa shape index (κ3) is 2.39. The third-order valence-corrected chi connectivity index (χ3v) is 3.96. The lowest BCUT2D eigenvalue weighted by molar-refractivity contribution is 0.223. The van der Waals surface area contributed by atoms with Crippen LogP contribution in [-0.4, -0.2) is 29.2 Å². The summed E-state index contributed by atoms with van der Waals surface area (Å²) < 4.78 is 11.9. The highest BCUT2D eigenvalue weighted by atomic mass is 16.5. The van der Waals surface area contributed by atoms with E-state index in [1.807, 2.05) is 43.5 Å². The largest absolute Gasteiger partial charge is 0.488 e. The molecule has 5 heteroatoms. The summed E-state index contributed by atoms with van der Waals surface area (Å²) in [5.74, 6) is 0.902. The predicted molar refractivity (Wildman–Crippen MR) is 84.2 cm³/mol. The van der Waals surface area contributed by atoms with E-state index in [4.69, 9.17) is 9.15 Å². The van der Waals surface area contributed by atoms with Crippen molar-refractivity contribution >= 4 is 17.1 Å². The molecule has 4 rings (SSSR count). The van der Waals surface area contributed by atoms with Gasteiger partial charge in [0.25, 0.3) is 6.01 Å². The third-order valence-electron chi connectivity index (χ3n) is 3.96. The highest BCUT2D eigenvalue weighted by molar-refractivity contribution is 5.74. The van der Waals surface area contributed by atoms with E-state index in [2.05, 4.69) is 14.9 Å². The molecule has 2 aromatic heterocycles. The van der Waals surface area contributed by atoms with Gasteiger partial charge in [-0.3, -0.25) is 4.98 Å². The average molecular weight is 295 g/mol. The molecular formula is C17H17N3O2. The maximum atomic E-state index is 6.08. The standard InChI is InChI=1S/C17H17N3O2/c1-12-10-18-8-6-15(12)21-13-7-9-20(11-13)17-19-14-4-2-3-5-16(14)22-17/h2-6,8,10,13H,7,9,11H2,1H3. The maximum absolute atomic E-state index is 6.08. The lowest BCUT2D eigenvalue weighted by atomic mass is 10.2. The molecule has 22 heavy (non-hydrogen) atoms. The Labute approximate surface area is 128 Å². The SMILES string of the molecule is Cc1cnccc1OC1CCN(c2nc3ccccc3o2)C1. The van der Waals surface area contributed by atoms with Crippen molar-refractivity contribution in [3.05, 3.63) is 48.3 Å². The van der Waals surface area contributed by atoms with E-state index in [1.54, 1.807) is 6.20 Å². The van der Waals surface area contributed by atoms with Gasteiger partial charge in [-0.1, -0.05) is 12.1 Å². The van der Waals surface area contributed by atoms with E-state index in [0.717, 1.165) is 41.9 Å². The number of fused-ring (bicyclic) bond motifs is 1. The molecule has 0 radical (unpaired) electrons. The first-order valence-electron chi connectivity index (χ1n) is 7.47. The van der Waals surface area contributed by atoms with Crippen LogP contribution in [0.3, 0.4) is 0 Å². The van der Waals surface area contributed by atoms with Crippen LogP contribution >= 0.6 is 0 Å². The van der Waals surface area contributed by atoms with E-state index in [1.165, 1.54) is 0 Å². The van der Waals surface area contributed by atoms with Gasteiger partial charge in [-0.2, -0.15) is 4.98 Å². The van der Waals surface area contributed by atoms with Gasteiger partial charge in [0.05, 0.1) is 6.54 Å². The number of anilines is 1. The molecule has 1 unspecified atom stereocenters. The number of pyridine rings is 1. The van der Waals surface area contributed by atoms with Crippen molar-refractivity contribution in [2.75, 3.05) is 18.0 Å². The Morgan fingerprint density at radius 1 is 1.27 bits per heavy atom. The van der Waals surface area contributed by atoms with Crippen LogP contribution in [0.15, 0.2) is 47.1 Å². The zero-order valence-electron chi connectivity index (χ0n) is 12.4. The summed E-state index contributed by atoms with van der Waals surface area (Å²) in [4.78, 5) is 10.8. The fourth-order valence-electron chi connectivity index (χ4n) is 2.77. The normalized spacial score (nSPS) is 18.0. The van der Waals surface area contributed by atoms with Gasteiger partial charge < -0.3 is 14.1 Å². The second-order valence-electron chi connectivity index (χ2n) is 5.58. The summed E-state index contributed by atoms with van der Waals surface area (Å²) in [5.41, 5.74) is 2.78. The van der Waals surface area contributed by atoms with Crippen LogP contribution in [-0.2, 0) is 0 Å². The first-order chi connectivity index (χ1) is 10.8. The number of ether oxygens (including phenoxy) is 1. The quantitative estimate of drug-likeness (QED) is 0.742. The lowest BCUT2D eigenvalue weighted by Crippen LogP contribution is -2.24. The summed E-state index contributed by atoms with van der Waals surface area (Å²) in [6.07, 6.45) is 4.69. The molecule has 0 amide bonds. The zero-order valence-corrected chi connectivity index (χ0v) is 12.4. The summed E-state index contributed by atoms with van der Waals surface area (Å²) in [5, 5.41) is 0. The molecule has 5 nitrogen and oxygen atoms in total. The molecule has 0 saturated carbocycles. The molecule has 112 valence electrons. The molecule has 0 aliphatic carbocycles. The number of hydrogen-bond acceptors (Lipinski definition) is 5. The Balaban J connectivity index is 1.49. The summed E-state index contributed by atoms with van der Waals surface area (Å²) in [6, 6.07) is 10.4. The first kappa shape index (κ1) is 13.1. The molecular weight excluding hydrogens is 278 g/mol. The second-order valence-corrected chi connectivity index (χ2v) is 5.58. The molecule has 1 aliphatic heterocycles. The van der Waals surface area contributed by atoms with E-state index < -0.39 is 0 Å². The average Bonchev–Trinajstić information content (AvgIpc) is 3.15. The van der Waals surface area contributed by atoms with Crippen molar-refractivity contribution in [2.45, 2.75) is 19.4 Å². The minimum atomic E-state index is 0.149. The van der Waals surface area contributed by atoms with Gasteiger partial charge in [-0.15, -0.1) is 0 Å². The fraction of sp³-hybridized carbons (Fsp3) is 0.294. The molecule has 1 saturated heterocycles. The van der Waals surface area contributed by atoms with Gasteiger partial charge in [0.2, 0.25) is 0 Å². The Morgan fingerprint density at radius 2 is 2.18 bits per heavy atom. The second kappa shape index (κ2) is 5.33. The maximum Gasteiger partial charge on any atom is 0.298 e. The number of aromatic nitrogens is 2. The van der Waals surface area contributed by atoms with Crippen molar-refractivity contribution in [1.29, 1.82) is 0 Å². The van der Waals surface area contributed by atoms with Crippen LogP contribution in [0.2, 0.25) is 0 Å². The van der Waals surface area contributed by atoms with Crippen LogP contribution in [0.1, 0.15) is 12.0 Å². The van der Waals surface area contributed by atoms with E-state index >= 15 is 0 Å².